The number of carbonyl (C=O) groups excluding carboxylic acids is 2. The van der Waals surface area contributed by atoms with Gasteiger partial charge in [0, 0.05) is 18.3 Å². The number of rotatable bonds is 8. The summed E-state index contributed by atoms with van der Waals surface area (Å²) in [5, 5.41) is 0. The highest BCUT2D eigenvalue weighted by Crippen LogP contribution is 2.42. The van der Waals surface area contributed by atoms with E-state index in [1.807, 2.05) is 65.6 Å². The molecule has 4 aromatic rings. The van der Waals surface area contributed by atoms with Crippen molar-refractivity contribution >= 4 is 17.5 Å². The van der Waals surface area contributed by atoms with Gasteiger partial charge in [0.05, 0.1) is 17.1 Å². The number of hydrogen-bond donors (Lipinski definition) is 0. The molecular formula is C33H35N3O2. The van der Waals surface area contributed by atoms with Gasteiger partial charge in [-0.2, -0.15) is 0 Å². The van der Waals surface area contributed by atoms with Gasteiger partial charge in [-0.1, -0.05) is 74.4 Å². The lowest BCUT2D eigenvalue weighted by Crippen LogP contribution is -2.47. The fourth-order valence-corrected chi connectivity index (χ4v) is 5.32. The number of carbonyl (C=O) groups is 2. The molecule has 5 rings (SSSR count). The Balaban J connectivity index is 1.54. The Morgan fingerprint density at radius 2 is 1.63 bits per heavy atom. The van der Waals surface area contributed by atoms with Crippen LogP contribution in [-0.4, -0.2) is 34.4 Å². The fourth-order valence-electron chi connectivity index (χ4n) is 5.32. The first kappa shape index (κ1) is 25.5. The highest BCUT2D eigenvalue weighted by Gasteiger charge is 2.37. The van der Waals surface area contributed by atoms with Crippen LogP contribution in [0.4, 0.5) is 5.69 Å². The first-order valence-electron chi connectivity index (χ1n) is 13.5. The Kier molecular flexibility index (Phi) is 7.45. The summed E-state index contributed by atoms with van der Waals surface area (Å²) in [5.74, 6) is -0.193. The average Bonchev–Trinajstić information content (AvgIpc) is 3.44. The SMILES string of the molecule is CCCCN(CC(=O)N1c2ccccc2-n2cccc2C1c1cccc(C)c1)C(=O)c1ccc(CC)cc1. The molecule has 0 radical (unpaired) electrons. The minimum atomic E-state index is -0.292. The molecule has 1 aromatic heterocycles. The Morgan fingerprint density at radius 1 is 0.868 bits per heavy atom. The number of amides is 2. The van der Waals surface area contributed by atoms with Gasteiger partial charge in [-0.15, -0.1) is 0 Å². The topological polar surface area (TPSA) is 45.6 Å². The van der Waals surface area contributed by atoms with Crippen molar-refractivity contribution in [3.8, 4) is 5.69 Å². The second kappa shape index (κ2) is 11.1. The molecule has 0 bridgehead atoms. The van der Waals surface area contributed by atoms with Crippen molar-refractivity contribution in [2.75, 3.05) is 18.0 Å². The number of para-hydroxylation sites is 2. The fraction of sp³-hybridized carbons (Fsp3) is 0.273. The molecule has 2 heterocycles. The van der Waals surface area contributed by atoms with Crippen molar-refractivity contribution in [3.05, 3.63) is 119 Å². The lowest BCUT2D eigenvalue weighted by Gasteiger charge is -2.39. The van der Waals surface area contributed by atoms with Crippen molar-refractivity contribution in [1.82, 2.24) is 9.47 Å². The summed E-state index contributed by atoms with van der Waals surface area (Å²) in [4.78, 5) is 31.5. The molecule has 1 atom stereocenters. The zero-order chi connectivity index (χ0) is 26.6. The lowest BCUT2D eigenvalue weighted by atomic mass is 9.96. The number of unbranched alkanes of at least 4 members (excludes halogenated alkanes) is 1. The summed E-state index contributed by atoms with van der Waals surface area (Å²) in [6, 6.07) is 27.9. The van der Waals surface area contributed by atoms with E-state index in [9.17, 15) is 9.59 Å². The molecule has 5 nitrogen and oxygen atoms in total. The summed E-state index contributed by atoms with van der Waals surface area (Å²) in [6.07, 6.45) is 4.75. The molecule has 194 valence electrons. The van der Waals surface area contributed by atoms with Crippen molar-refractivity contribution in [1.29, 1.82) is 0 Å². The first-order valence-corrected chi connectivity index (χ1v) is 13.5. The van der Waals surface area contributed by atoms with Crippen molar-refractivity contribution in [2.45, 2.75) is 46.1 Å². The smallest absolute Gasteiger partial charge is 0.254 e. The summed E-state index contributed by atoms with van der Waals surface area (Å²) in [5.41, 5.74) is 6.84. The monoisotopic (exact) mass is 505 g/mol. The Bertz CT molecular complexity index is 1440. The van der Waals surface area contributed by atoms with E-state index in [2.05, 4.69) is 55.8 Å². The van der Waals surface area contributed by atoms with Crippen molar-refractivity contribution < 1.29 is 9.59 Å². The molecule has 5 heteroatoms. The van der Waals surface area contributed by atoms with E-state index in [1.54, 1.807) is 4.90 Å². The van der Waals surface area contributed by atoms with Crippen LogP contribution in [0.15, 0.2) is 91.1 Å². The highest BCUT2D eigenvalue weighted by molar-refractivity contribution is 6.02. The molecule has 0 spiro atoms. The van der Waals surface area contributed by atoms with Gasteiger partial charge in [-0.05, 0) is 67.3 Å². The van der Waals surface area contributed by atoms with Crippen molar-refractivity contribution in [3.63, 3.8) is 0 Å². The second-order valence-electron chi connectivity index (χ2n) is 10.0. The average molecular weight is 506 g/mol. The number of benzene rings is 3. The maximum Gasteiger partial charge on any atom is 0.254 e. The molecule has 2 amide bonds. The van der Waals surface area contributed by atoms with Crippen LogP contribution < -0.4 is 4.90 Å². The Hall–Kier alpha value is -4.12. The largest absolute Gasteiger partial charge is 0.329 e. The number of anilines is 1. The highest BCUT2D eigenvalue weighted by atomic mass is 16.2. The zero-order valence-electron chi connectivity index (χ0n) is 22.4. The van der Waals surface area contributed by atoms with Crippen LogP contribution in [-0.2, 0) is 11.2 Å². The van der Waals surface area contributed by atoms with E-state index in [0.29, 0.717) is 12.1 Å². The van der Waals surface area contributed by atoms with E-state index in [4.69, 9.17) is 0 Å². The van der Waals surface area contributed by atoms with Gasteiger partial charge in [0.2, 0.25) is 5.91 Å². The quantitative estimate of drug-likeness (QED) is 0.267. The number of fused-ring (bicyclic) bond motifs is 3. The molecule has 1 unspecified atom stereocenters. The third-order valence-electron chi connectivity index (χ3n) is 7.35. The second-order valence-corrected chi connectivity index (χ2v) is 10.0. The third kappa shape index (κ3) is 4.89. The third-order valence-corrected chi connectivity index (χ3v) is 7.35. The van der Waals surface area contributed by atoms with Gasteiger partial charge in [-0.3, -0.25) is 14.5 Å². The molecule has 0 aliphatic carbocycles. The molecule has 0 N–H and O–H groups in total. The van der Waals surface area contributed by atoms with Gasteiger partial charge in [0.1, 0.15) is 12.6 Å². The zero-order valence-corrected chi connectivity index (χ0v) is 22.4. The normalized spacial score (nSPS) is 14.1. The summed E-state index contributed by atoms with van der Waals surface area (Å²) in [7, 11) is 0. The van der Waals surface area contributed by atoms with E-state index in [0.717, 1.165) is 47.5 Å². The van der Waals surface area contributed by atoms with Crippen LogP contribution >= 0.6 is 0 Å². The minimum absolute atomic E-state index is 0.0196. The molecule has 1 aliphatic rings. The molecule has 1 aliphatic heterocycles. The van der Waals surface area contributed by atoms with Crippen molar-refractivity contribution in [2.24, 2.45) is 0 Å². The first-order chi connectivity index (χ1) is 18.5. The van der Waals surface area contributed by atoms with Crippen LogP contribution in [0.1, 0.15) is 65.5 Å². The number of aromatic nitrogens is 1. The molecule has 38 heavy (non-hydrogen) atoms. The molecule has 0 saturated heterocycles. The molecule has 3 aromatic carbocycles. The minimum Gasteiger partial charge on any atom is -0.329 e. The Morgan fingerprint density at radius 3 is 2.34 bits per heavy atom. The maximum atomic E-state index is 14.3. The predicted octanol–water partition coefficient (Wildman–Crippen LogP) is 6.73. The van der Waals surface area contributed by atoms with Gasteiger partial charge >= 0.3 is 0 Å². The van der Waals surface area contributed by atoms with Gasteiger partial charge in [0.15, 0.2) is 0 Å². The predicted molar refractivity (Wildman–Crippen MR) is 153 cm³/mol. The van der Waals surface area contributed by atoms with Gasteiger partial charge in [-0.25, -0.2) is 0 Å². The van der Waals surface area contributed by atoms with Crippen LogP contribution in [0, 0.1) is 6.92 Å². The molecular weight excluding hydrogens is 470 g/mol. The number of aryl methyl sites for hydroxylation is 2. The Labute approximate surface area is 225 Å². The van der Waals surface area contributed by atoms with E-state index in [1.165, 1.54) is 5.56 Å². The summed E-state index contributed by atoms with van der Waals surface area (Å²) >= 11 is 0. The van der Waals surface area contributed by atoms with E-state index < -0.39 is 0 Å². The van der Waals surface area contributed by atoms with Crippen LogP contribution in [0.2, 0.25) is 0 Å². The standard InChI is InChI=1S/C33H35N3O2/c1-4-6-20-34(33(38)26-18-16-25(5-2)17-19-26)23-31(37)36-29-14-8-7-13-28(29)35-21-10-15-30(35)32(36)27-12-9-11-24(3)22-27/h7-19,21-22,32H,4-6,20,23H2,1-3H3. The lowest BCUT2D eigenvalue weighted by molar-refractivity contribution is -0.119. The number of nitrogens with zero attached hydrogens (tertiary/aromatic N) is 3. The number of hydrogen-bond acceptors (Lipinski definition) is 2. The molecule has 0 fully saturated rings. The van der Waals surface area contributed by atoms with Gasteiger partial charge < -0.3 is 9.47 Å². The van der Waals surface area contributed by atoms with Gasteiger partial charge in [0.25, 0.3) is 5.91 Å². The molecule has 0 saturated carbocycles. The van der Waals surface area contributed by atoms with Crippen LogP contribution in [0.5, 0.6) is 0 Å². The maximum absolute atomic E-state index is 14.3. The van der Waals surface area contributed by atoms with Crippen LogP contribution in [0.25, 0.3) is 5.69 Å². The van der Waals surface area contributed by atoms with E-state index in [-0.39, 0.29) is 24.4 Å². The van der Waals surface area contributed by atoms with Crippen LogP contribution in [0.3, 0.4) is 0 Å². The summed E-state index contributed by atoms with van der Waals surface area (Å²) < 4.78 is 2.17. The van der Waals surface area contributed by atoms with E-state index >= 15 is 0 Å². The summed E-state index contributed by atoms with van der Waals surface area (Å²) in [6.45, 7) is 6.83.